The molecule has 0 aliphatic heterocycles. The zero-order valence-electron chi connectivity index (χ0n) is 10.4. The van der Waals surface area contributed by atoms with Crippen molar-refractivity contribution in [3.8, 4) is 0 Å². The molecule has 8 heteroatoms. The van der Waals surface area contributed by atoms with E-state index in [9.17, 15) is 22.8 Å². The number of nitrogens with one attached hydrogen (secondary N) is 1. The van der Waals surface area contributed by atoms with Crippen LogP contribution in [0.2, 0.25) is 0 Å². The van der Waals surface area contributed by atoms with Gasteiger partial charge in [-0.1, -0.05) is 0 Å². The van der Waals surface area contributed by atoms with Crippen molar-refractivity contribution < 1.29 is 27.9 Å². The molecule has 1 rings (SSSR count). The van der Waals surface area contributed by atoms with Gasteiger partial charge in [0, 0.05) is 17.6 Å². The molecule has 1 aromatic carbocycles. The van der Waals surface area contributed by atoms with Crippen LogP contribution in [0.5, 0.6) is 0 Å². The highest BCUT2D eigenvalue weighted by Gasteiger charge is 2.30. The Morgan fingerprint density at radius 2 is 1.85 bits per heavy atom. The molecule has 1 amide bonds. The Balaban J connectivity index is 2.64. The summed E-state index contributed by atoms with van der Waals surface area (Å²) in [5, 5.41) is 11.1. The van der Waals surface area contributed by atoms with Crippen LogP contribution in [-0.2, 0) is 15.8 Å². The number of carboxylic acid groups (broad SMARTS) is 1. The molecular weight excluding hydrogens is 295 g/mol. The third-order valence-electron chi connectivity index (χ3n) is 2.27. The average molecular weight is 307 g/mol. The number of carbonyl (C=O) groups excluding carboxylic acids is 1. The van der Waals surface area contributed by atoms with E-state index in [2.05, 4.69) is 5.32 Å². The van der Waals surface area contributed by atoms with Crippen LogP contribution < -0.4 is 5.32 Å². The molecule has 0 aromatic heterocycles. The lowest BCUT2D eigenvalue weighted by molar-refractivity contribution is -0.140. The number of benzene rings is 1. The van der Waals surface area contributed by atoms with Crippen molar-refractivity contribution in [1.82, 2.24) is 5.32 Å². The van der Waals surface area contributed by atoms with Crippen molar-refractivity contribution >= 4 is 23.6 Å². The number of hydrogen-bond donors (Lipinski definition) is 2. The molecule has 110 valence electrons. The standard InChI is InChI=1S/C12H12F3NO3S/c1-7(17)16-10(11(18)19)6-20-9-4-2-8(3-5-9)12(13,14)15/h2-5,10H,6H2,1H3,(H,16,17)(H,18,19)/t10-/m0/s1. The van der Waals surface area contributed by atoms with Crippen molar-refractivity contribution in [3.63, 3.8) is 0 Å². The lowest BCUT2D eigenvalue weighted by atomic mass is 10.2. The lowest BCUT2D eigenvalue weighted by Crippen LogP contribution is -2.41. The van der Waals surface area contributed by atoms with E-state index in [1.54, 1.807) is 0 Å². The number of aliphatic carboxylic acids is 1. The topological polar surface area (TPSA) is 66.4 Å². The summed E-state index contributed by atoms with van der Waals surface area (Å²) in [5.74, 6) is -1.65. The van der Waals surface area contributed by atoms with E-state index < -0.39 is 29.7 Å². The van der Waals surface area contributed by atoms with Gasteiger partial charge < -0.3 is 10.4 Å². The van der Waals surface area contributed by atoms with Gasteiger partial charge in [0.1, 0.15) is 6.04 Å². The first-order chi connectivity index (χ1) is 9.20. The monoisotopic (exact) mass is 307 g/mol. The van der Waals surface area contributed by atoms with Crippen LogP contribution in [0.4, 0.5) is 13.2 Å². The van der Waals surface area contributed by atoms with E-state index in [-0.39, 0.29) is 5.75 Å². The minimum absolute atomic E-state index is 0.0281. The van der Waals surface area contributed by atoms with Gasteiger partial charge >= 0.3 is 12.1 Å². The van der Waals surface area contributed by atoms with Crippen LogP contribution in [0, 0.1) is 0 Å². The van der Waals surface area contributed by atoms with Gasteiger partial charge in [0.15, 0.2) is 0 Å². The van der Waals surface area contributed by atoms with E-state index in [1.165, 1.54) is 19.1 Å². The molecule has 0 radical (unpaired) electrons. The molecule has 0 aliphatic rings. The van der Waals surface area contributed by atoms with Crippen molar-refractivity contribution in [1.29, 1.82) is 0 Å². The van der Waals surface area contributed by atoms with Gasteiger partial charge in [-0.05, 0) is 24.3 Å². The van der Waals surface area contributed by atoms with E-state index >= 15 is 0 Å². The first kappa shape index (κ1) is 16.4. The van der Waals surface area contributed by atoms with Crippen molar-refractivity contribution in [2.75, 3.05) is 5.75 Å². The molecule has 0 unspecified atom stereocenters. The van der Waals surface area contributed by atoms with Gasteiger partial charge in [-0.15, -0.1) is 11.8 Å². The summed E-state index contributed by atoms with van der Waals surface area (Å²) < 4.78 is 37.1. The molecule has 0 aliphatic carbocycles. The Kier molecular flexibility index (Phi) is 5.43. The van der Waals surface area contributed by atoms with Crippen LogP contribution in [0.25, 0.3) is 0 Å². The second-order valence-corrected chi connectivity index (χ2v) is 5.02. The Morgan fingerprint density at radius 3 is 2.25 bits per heavy atom. The Labute approximate surface area is 117 Å². The lowest BCUT2D eigenvalue weighted by Gasteiger charge is -2.13. The number of hydrogen-bond acceptors (Lipinski definition) is 3. The Morgan fingerprint density at radius 1 is 1.30 bits per heavy atom. The quantitative estimate of drug-likeness (QED) is 0.820. The van der Waals surface area contributed by atoms with Crippen molar-refractivity contribution in [2.45, 2.75) is 24.0 Å². The third kappa shape index (κ3) is 5.12. The third-order valence-corrected chi connectivity index (χ3v) is 3.38. The summed E-state index contributed by atoms with van der Waals surface area (Å²) in [6, 6.07) is 3.30. The Bertz CT molecular complexity index is 488. The minimum Gasteiger partial charge on any atom is -0.480 e. The SMILES string of the molecule is CC(=O)N[C@@H](CSc1ccc(C(F)(F)F)cc1)C(=O)O. The van der Waals surface area contributed by atoms with Gasteiger partial charge in [0.25, 0.3) is 0 Å². The normalized spacial score (nSPS) is 12.8. The molecule has 0 bridgehead atoms. The van der Waals surface area contributed by atoms with Crippen LogP contribution in [0.15, 0.2) is 29.2 Å². The van der Waals surface area contributed by atoms with E-state index in [1.807, 2.05) is 0 Å². The number of carbonyl (C=O) groups is 2. The number of carboxylic acids is 1. The first-order valence-electron chi connectivity index (χ1n) is 5.50. The summed E-state index contributed by atoms with van der Waals surface area (Å²) in [7, 11) is 0. The zero-order chi connectivity index (χ0) is 15.3. The Hall–Kier alpha value is -1.70. The molecular formula is C12H12F3NO3S. The van der Waals surface area contributed by atoms with Gasteiger partial charge in [-0.2, -0.15) is 13.2 Å². The fourth-order valence-corrected chi connectivity index (χ4v) is 2.25. The number of amides is 1. The molecule has 4 nitrogen and oxygen atoms in total. The first-order valence-corrected chi connectivity index (χ1v) is 6.48. The second-order valence-electron chi connectivity index (χ2n) is 3.92. The summed E-state index contributed by atoms with van der Waals surface area (Å²) in [4.78, 5) is 22.2. The second kappa shape index (κ2) is 6.65. The fraction of sp³-hybridized carbons (Fsp3) is 0.333. The highest BCUT2D eigenvalue weighted by atomic mass is 32.2. The van der Waals surface area contributed by atoms with Crippen molar-refractivity contribution in [2.24, 2.45) is 0 Å². The van der Waals surface area contributed by atoms with Gasteiger partial charge in [-0.25, -0.2) is 4.79 Å². The molecule has 1 atom stereocenters. The van der Waals surface area contributed by atoms with Gasteiger partial charge in [0.2, 0.25) is 5.91 Å². The molecule has 2 N–H and O–H groups in total. The van der Waals surface area contributed by atoms with Crippen LogP contribution in [0.1, 0.15) is 12.5 Å². The minimum atomic E-state index is -4.40. The largest absolute Gasteiger partial charge is 0.480 e. The molecule has 0 fully saturated rings. The summed E-state index contributed by atoms with van der Waals surface area (Å²) >= 11 is 1.06. The fourth-order valence-electron chi connectivity index (χ4n) is 1.34. The maximum atomic E-state index is 12.4. The molecule has 0 saturated carbocycles. The molecule has 1 aromatic rings. The number of rotatable bonds is 5. The summed E-state index contributed by atoms with van der Waals surface area (Å²) in [6.07, 6.45) is -4.40. The maximum Gasteiger partial charge on any atom is 0.416 e. The molecule has 0 saturated heterocycles. The summed E-state index contributed by atoms with van der Waals surface area (Å²) in [6.45, 7) is 1.19. The molecule has 0 spiro atoms. The van der Waals surface area contributed by atoms with E-state index in [4.69, 9.17) is 5.11 Å². The average Bonchev–Trinajstić information content (AvgIpc) is 2.33. The predicted molar refractivity (Wildman–Crippen MR) is 67.4 cm³/mol. The number of thioether (sulfide) groups is 1. The van der Waals surface area contributed by atoms with Gasteiger partial charge in [-0.3, -0.25) is 4.79 Å². The van der Waals surface area contributed by atoms with Gasteiger partial charge in [0.05, 0.1) is 5.56 Å². The smallest absolute Gasteiger partial charge is 0.416 e. The van der Waals surface area contributed by atoms with Crippen molar-refractivity contribution in [3.05, 3.63) is 29.8 Å². The molecule has 0 heterocycles. The zero-order valence-corrected chi connectivity index (χ0v) is 11.2. The maximum absolute atomic E-state index is 12.4. The highest BCUT2D eigenvalue weighted by Crippen LogP contribution is 2.30. The number of halogens is 3. The van der Waals surface area contributed by atoms with Crippen LogP contribution in [-0.4, -0.2) is 28.8 Å². The predicted octanol–water partition coefficient (Wildman–Crippen LogP) is 2.39. The van der Waals surface area contributed by atoms with Crippen LogP contribution >= 0.6 is 11.8 Å². The summed E-state index contributed by atoms with van der Waals surface area (Å²) in [5.41, 5.74) is -0.765. The highest BCUT2D eigenvalue weighted by molar-refractivity contribution is 7.99. The number of alkyl halides is 3. The van der Waals surface area contributed by atoms with E-state index in [0.717, 1.165) is 23.9 Å². The van der Waals surface area contributed by atoms with E-state index in [0.29, 0.717) is 4.90 Å². The van der Waals surface area contributed by atoms with Crippen LogP contribution in [0.3, 0.4) is 0 Å². The molecule has 20 heavy (non-hydrogen) atoms.